The summed E-state index contributed by atoms with van der Waals surface area (Å²) >= 11 is 6.02. The third kappa shape index (κ3) is 2.73. The maximum Gasteiger partial charge on any atom is 0.146 e. The molecule has 0 aliphatic heterocycles. The van der Waals surface area contributed by atoms with E-state index in [-0.39, 0.29) is 0 Å². The fourth-order valence-corrected chi connectivity index (χ4v) is 1.56. The van der Waals surface area contributed by atoms with Gasteiger partial charge in [0, 0.05) is 12.4 Å². The highest BCUT2D eigenvalue weighted by Gasteiger charge is 2.06. The van der Waals surface area contributed by atoms with Crippen molar-refractivity contribution in [2.75, 3.05) is 5.32 Å². The molecule has 2 heterocycles. The lowest BCUT2D eigenvalue weighted by atomic mass is 10.3. The number of aromatic nitrogens is 3. The molecular weight excluding hydrogens is 250 g/mol. The second-order valence-electron chi connectivity index (χ2n) is 3.64. The first-order chi connectivity index (χ1) is 8.70. The van der Waals surface area contributed by atoms with E-state index in [0.29, 0.717) is 22.9 Å². The van der Waals surface area contributed by atoms with Crippen molar-refractivity contribution < 1.29 is 0 Å². The highest BCUT2D eigenvalue weighted by atomic mass is 35.5. The standard InChI is InChI=1S/C12H10ClN5/c1-8-5-17-10(6-16-8)7-18-12-11(13)9(4-14)2-3-15-12/h2-3,5-6H,7H2,1H3,(H,15,18). The number of nitriles is 1. The van der Waals surface area contributed by atoms with E-state index in [2.05, 4.69) is 20.3 Å². The van der Waals surface area contributed by atoms with Gasteiger partial charge in [-0.05, 0) is 13.0 Å². The molecule has 5 nitrogen and oxygen atoms in total. The van der Waals surface area contributed by atoms with Gasteiger partial charge in [-0.1, -0.05) is 11.6 Å². The molecule has 0 bridgehead atoms. The molecule has 0 aliphatic carbocycles. The Balaban J connectivity index is 2.11. The van der Waals surface area contributed by atoms with Crippen LogP contribution in [0.25, 0.3) is 0 Å². The Morgan fingerprint density at radius 3 is 2.83 bits per heavy atom. The van der Waals surface area contributed by atoms with E-state index in [9.17, 15) is 0 Å². The van der Waals surface area contributed by atoms with Crippen LogP contribution in [0.5, 0.6) is 0 Å². The molecule has 0 radical (unpaired) electrons. The van der Waals surface area contributed by atoms with Crippen molar-refractivity contribution in [1.82, 2.24) is 15.0 Å². The summed E-state index contributed by atoms with van der Waals surface area (Å²) in [5, 5.41) is 12.2. The van der Waals surface area contributed by atoms with Gasteiger partial charge in [0.2, 0.25) is 0 Å². The second kappa shape index (κ2) is 5.43. The number of aryl methyl sites for hydroxylation is 1. The molecule has 0 aliphatic rings. The maximum absolute atomic E-state index is 8.85. The first-order valence-electron chi connectivity index (χ1n) is 5.26. The average molecular weight is 260 g/mol. The Bertz CT molecular complexity index is 588. The van der Waals surface area contributed by atoms with Gasteiger partial charge in [-0.3, -0.25) is 9.97 Å². The van der Waals surface area contributed by atoms with Crippen molar-refractivity contribution in [2.45, 2.75) is 13.5 Å². The van der Waals surface area contributed by atoms with Crippen LogP contribution in [0.15, 0.2) is 24.7 Å². The number of anilines is 1. The quantitative estimate of drug-likeness (QED) is 0.916. The molecule has 1 N–H and O–H groups in total. The molecule has 90 valence electrons. The van der Waals surface area contributed by atoms with Crippen LogP contribution >= 0.6 is 11.6 Å². The highest BCUT2D eigenvalue weighted by molar-refractivity contribution is 6.34. The topological polar surface area (TPSA) is 74.5 Å². The van der Waals surface area contributed by atoms with Gasteiger partial charge in [0.1, 0.15) is 16.9 Å². The van der Waals surface area contributed by atoms with Gasteiger partial charge in [0.15, 0.2) is 0 Å². The van der Waals surface area contributed by atoms with Crippen molar-refractivity contribution in [3.63, 3.8) is 0 Å². The number of hydrogen-bond donors (Lipinski definition) is 1. The van der Waals surface area contributed by atoms with E-state index in [1.807, 2.05) is 13.0 Å². The fourth-order valence-electron chi connectivity index (χ4n) is 1.34. The van der Waals surface area contributed by atoms with Crippen LogP contribution in [0.3, 0.4) is 0 Å². The lowest BCUT2D eigenvalue weighted by Gasteiger charge is -2.07. The molecule has 18 heavy (non-hydrogen) atoms. The van der Waals surface area contributed by atoms with Crippen molar-refractivity contribution in [3.05, 3.63) is 46.6 Å². The van der Waals surface area contributed by atoms with Crippen LogP contribution < -0.4 is 5.32 Å². The molecule has 0 atom stereocenters. The van der Waals surface area contributed by atoms with Crippen LogP contribution in [0, 0.1) is 18.3 Å². The van der Waals surface area contributed by atoms with Crippen LogP contribution in [0.2, 0.25) is 5.02 Å². The molecule has 2 aromatic heterocycles. The summed E-state index contributed by atoms with van der Waals surface area (Å²) in [5.74, 6) is 0.470. The number of hydrogen-bond acceptors (Lipinski definition) is 5. The monoisotopic (exact) mass is 259 g/mol. The zero-order valence-electron chi connectivity index (χ0n) is 9.68. The average Bonchev–Trinajstić information content (AvgIpc) is 2.39. The van der Waals surface area contributed by atoms with Crippen LogP contribution in [0.1, 0.15) is 17.0 Å². The summed E-state index contributed by atoms with van der Waals surface area (Å²) in [7, 11) is 0. The van der Waals surface area contributed by atoms with Crippen LogP contribution in [-0.4, -0.2) is 15.0 Å². The van der Waals surface area contributed by atoms with Gasteiger partial charge >= 0.3 is 0 Å². The van der Waals surface area contributed by atoms with Crippen molar-refractivity contribution in [3.8, 4) is 6.07 Å². The van der Waals surface area contributed by atoms with E-state index in [0.717, 1.165) is 11.4 Å². The van der Waals surface area contributed by atoms with Crippen molar-refractivity contribution >= 4 is 17.4 Å². The lowest BCUT2D eigenvalue weighted by molar-refractivity contribution is 0.976. The Morgan fingerprint density at radius 1 is 1.33 bits per heavy atom. The van der Waals surface area contributed by atoms with E-state index in [1.54, 1.807) is 18.5 Å². The second-order valence-corrected chi connectivity index (χ2v) is 4.01. The van der Waals surface area contributed by atoms with Crippen molar-refractivity contribution in [2.24, 2.45) is 0 Å². The Hall–Kier alpha value is -2.19. The molecule has 6 heteroatoms. The summed E-state index contributed by atoms with van der Waals surface area (Å²) in [6.45, 7) is 2.33. The SMILES string of the molecule is Cc1cnc(CNc2nccc(C#N)c2Cl)cn1. The third-order valence-electron chi connectivity index (χ3n) is 2.28. The molecule has 0 aromatic carbocycles. The van der Waals surface area contributed by atoms with E-state index in [4.69, 9.17) is 16.9 Å². The summed E-state index contributed by atoms with van der Waals surface area (Å²) in [6.07, 6.45) is 4.91. The summed E-state index contributed by atoms with van der Waals surface area (Å²) in [6, 6.07) is 3.57. The summed E-state index contributed by atoms with van der Waals surface area (Å²) in [4.78, 5) is 12.4. The number of nitrogens with one attached hydrogen (secondary N) is 1. The number of halogens is 1. The molecule has 0 spiro atoms. The third-order valence-corrected chi connectivity index (χ3v) is 2.66. The molecule has 0 unspecified atom stereocenters. The maximum atomic E-state index is 8.85. The molecule has 0 saturated heterocycles. The van der Waals surface area contributed by atoms with E-state index < -0.39 is 0 Å². The Morgan fingerprint density at radius 2 is 2.17 bits per heavy atom. The van der Waals surface area contributed by atoms with Gasteiger partial charge in [-0.2, -0.15) is 5.26 Å². The van der Waals surface area contributed by atoms with Gasteiger partial charge in [-0.15, -0.1) is 0 Å². The lowest BCUT2D eigenvalue weighted by Crippen LogP contribution is -2.05. The normalized spacial score (nSPS) is 9.83. The van der Waals surface area contributed by atoms with Gasteiger partial charge in [0.05, 0.1) is 29.7 Å². The summed E-state index contributed by atoms with van der Waals surface area (Å²) in [5.41, 5.74) is 2.03. The smallest absolute Gasteiger partial charge is 0.146 e. The Labute approximate surface area is 109 Å². The zero-order chi connectivity index (χ0) is 13.0. The first kappa shape index (κ1) is 12.3. The minimum atomic E-state index is 0.320. The van der Waals surface area contributed by atoms with E-state index in [1.165, 1.54) is 6.20 Å². The highest BCUT2D eigenvalue weighted by Crippen LogP contribution is 2.22. The van der Waals surface area contributed by atoms with Gasteiger partial charge in [-0.25, -0.2) is 4.98 Å². The molecule has 0 saturated carbocycles. The minimum Gasteiger partial charge on any atom is -0.363 e. The molecular formula is C12H10ClN5. The van der Waals surface area contributed by atoms with Gasteiger partial charge < -0.3 is 5.32 Å². The molecule has 2 aromatic rings. The van der Waals surface area contributed by atoms with Gasteiger partial charge in [0.25, 0.3) is 0 Å². The van der Waals surface area contributed by atoms with Crippen molar-refractivity contribution in [1.29, 1.82) is 5.26 Å². The number of rotatable bonds is 3. The predicted molar refractivity (Wildman–Crippen MR) is 68.1 cm³/mol. The Kier molecular flexibility index (Phi) is 3.70. The first-order valence-corrected chi connectivity index (χ1v) is 5.64. The molecule has 0 fully saturated rings. The zero-order valence-corrected chi connectivity index (χ0v) is 10.4. The van der Waals surface area contributed by atoms with Crippen LogP contribution in [-0.2, 0) is 6.54 Å². The van der Waals surface area contributed by atoms with Crippen LogP contribution in [0.4, 0.5) is 5.82 Å². The fraction of sp³-hybridized carbons (Fsp3) is 0.167. The largest absolute Gasteiger partial charge is 0.363 e. The number of nitrogens with zero attached hydrogens (tertiary/aromatic N) is 4. The summed E-state index contributed by atoms with van der Waals surface area (Å²) < 4.78 is 0. The van der Waals surface area contributed by atoms with E-state index >= 15 is 0 Å². The molecule has 2 rings (SSSR count). The molecule has 0 amide bonds. The number of pyridine rings is 1. The predicted octanol–water partition coefficient (Wildman–Crippen LogP) is 2.32. The minimum absolute atomic E-state index is 0.320.